The van der Waals surface area contributed by atoms with E-state index in [9.17, 15) is 9.59 Å². The summed E-state index contributed by atoms with van der Waals surface area (Å²) < 4.78 is 6.72. The Kier molecular flexibility index (Phi) is 6.85. The molecule has 33 heavy (non-hydrogen) atoms. The molecule has 1 aromatic heterocycles. The minimum Gasteiger partial charge on any atom is -0.497 e. The first kappa shape index (κ1) is 22.3. The van der Waals surface area contributed by atoms with Crippen LogP contribution in [0, 0.1) is 6.92 Å². The molecule has 3 aromatic carbocycles. The quantitative estimate of drug-likeness (QED) is 0.196. The van der Waals surface area contributed by atoms with Crippen LogP contribution in [0.4, 0.5) is 0 Å². The second-order valence-corrected chi connectivity index (χ2v) is 8.19. The maximum atomic E-state index is 13.3. The number of hydrogen-bond donors (Lipinski definition) is 1. The normalized spacial score (nSPS) is 11.1. The molecule has 4 rings (SSSR count). The van der Waals surface area contributed by atoms with Crippen LogP contribution in [0.25, 0.3) is 16.6 Å². The van der Waals surface area contributed by atoms with Crippen molar-refractivity contribution in [2.24, 2.45) is 5.10 Å². The van der Waals surface area contributed by atoms with Crippen LogP contribution in [0.5, 0.6) is 5.75 Å². The fraction of sp³-hybridized carbons (Fsp3) is 0.120. The highest BCUT2D eigenvalue weighted by Gasteiger charge is 2.15. The Bertz CT molecular complexity index is 1380. The Morgan fingerprint density at radius 3 is 2.73 bits per heavy atom. The van der Waals surface area contributed by atoms with E-state index in [4.69, 9.17) is 4.74 Å². The summed E-state index contributed by atoms with van der Waals surface area (Å²) in [5.74, 6) is 0.445. The fourth-order valence-electron chi connectivity index (χ4n) is 3.24. The molecule has 0 atom stereocenters. The van der Waals surface area contributed by atoms with Gasteiger partial charge < -0.3 is 4.74 Å². The third-order valence-corrected chi connectivity index (χ3v) is 5.77. The van der Waals surface area contributed by atoms with Crippen LogP contribution < -0.4 is 15.7 Å². The number of ether oxygens (including phenoxy) is 1. The summed E-state index contributed by atoms with van der Waals surface area (Å²) in [5, 5.41) is 4.98. The van der Waals surface area contributed by atoms with Gasteiger partial charge in [0.25, 0.3) is 11.5 Å². The number of nitrogens with zero attached hydrogens (tertiary/aromatic N) is 3. The molecule has 1 heterocycles. The molecule has 0 bridgehead atoms. The molecule has 0 saturated heterocycles. The Morgan fingerprint density at radius 2 is 1.94 bits per heavy atom. The van der Waals surface area contributed by atoms with E-state index < -0.39 is 0 Å². The summed E-state index contributed by atoms with van der Waals surface area (Å²) in [6.45, 7) is 1.94. The van der Waals surface area contributed by atoms with E-state index in [1.54, 1.807) is 17.9 Å². The van der Waals surface area contributed by atoms with Crippen molar-refractivity contribution in [2.45, 2.75) is 12.1 Å². The average molecular weight is 459 g/mol. The lowest BCUT2D eigenvalue weighted by molar-refractivity contribution is -0.118. The van der Waals surface area contributed by atoms with Crippen LogP contribution in [0.15, 0.2) is 87.8 Å². The SMILES string of the molecule is COc1cccc(/C=N/NC(=O)CSc2nc3ccc(C)cc3c(=O)n2-c2ccccc2)c1. The summed E-state index contributed by atoms with van der Waals surface area (Å²) in [7, 11) is 1.59. The first-order chi connectivity index (χ1) is 16.0. The first-order valence-corrected chi connectivity index (χ1v) is 11.2. The predicted molar refractivity (Wildman–Crippen MR) is 132 cm³/mol. The fourth-order valence-corrected chi connectivity index (χ4v) is 4.05. The number of para-hydroxylation sites is 1. The molecular formula is C25H22N4O3S. The van der Waals surface area contributed by atoms with Gasteiger partial charge in [-0.25, -0.2) is 10.4 Å². The van der Waals surface area contributed by atoms with E-state index in [1.807, 2.05) is 79.7 Å². The van der Waals surface area contributed by atoms with Crippen LogP contribution in [0.1, 0.15) is 11.1 Å². The zero-order valence-electron chi connectivity index (χ0n) is 18.2. The van der Waals surface area contributed by atoms with Crippen molar-refractivity contribution < 1.29 is 9.53 Å². The van der Waals surface area contributed by atoms with Gasteiger partial charge in [-0.15, -0.1) is 0 Å². The summed E-state index contributed by atoms with van der Waals surface area (Å²) in [4.78, 5) is 30.4. The second-order valence-electron chi connectivity index (χ2n) is 7.25. The van der Waals surface area contributed by atoms with Crippen molar-refractivity contribution in [3.63, 3.8) is 0 Å². The second kappa shape index (κ2) is 10.1. The van der Waals surface area contributed by atoms with Crippen molar-refractivity contribution in [3.8, 4) is 11.4 Å². The molecular weight excluding hydrogens is 436 g/mol. The Morgan fingerprint density at radius 1 is 1.12 bits per heavy atom. The number of fused-ring (bicyclic) bond motifs is 1. The van der Waals surface area contributed by atoms with Crippen LogP contribution in [0.2, 0.25) is 0 Å². The molecule has 0 aliphatic rings. The van der Waals surface area contributed by atoms with Gasteiger partial charge in [0.05, 0.1) is 35.7 Å². The number of hydrazone groups is 1. The van der Waals surface area contributed by atoms with E-state index in [-0.39, 0.29) is 17.2 Å². The molecule has 0 aliphatic carbocycles. The zero-order valence-corrected chi connectivity index (χ0v) is 19.0. The number of rotatable bonds is 7. The summed E-state index contributed by atoms with van der Waals surface area (Å²) in [6.07, 6.45) is 1.54. The molecule has 7 nitrogen and oxygen atoms in total. The van der Waals surface area contributed by atoms with Crippen molar-refractivity contribution in [3.05, 3.63) is 94.3 Å². The minimum atomic E-state index is -0.308. The van der Waals surface area contributed by atoms with E-state index in [2.05, 4.69) is 15.5 Å². The molecule has 0 aliphatic heterocycles. The molecule has 1 amide bonds. The van der Waals surface area contributed by atoms with Gasteiger partial charge in [0.1, 0.15) is 5.75 Å². The number of nitrogens with one attached hydrogen (secondary N) is 1. The molecule has 1 N–H and O–H groups in total. The van der Waals surface area contributed by atoms with E-state index in [0.717, 1.165) is 11.1 Å². The standard InChI is InChI=1S/C25H22N4O3S/c1-17-11-12-22-21(13-17)24(31)29(19-8-4-3-5-9-19)25(27-22)33-16-23(30)28-26-15-18-7-6-10-20(14-18)32-2/h3-15H,16H2,1-2H3,(H,28,30)/b26-15+. The number of methoxy groups -OCH3 is 1. The van der Waals surface area contributed by atoms with Crippen molar-refractivity contribution >= 4 is 34.8 Å². The maximum absolute atomic E-state index is 13.3. The summed E-state index contributed by atoms with van der Waals surface area (Å²) >= 11 is 1.18. The monoisotopic (exact) mass is 458 g/mol. The largest absolute Gasteiger partial charge is 0.497 e. The van der Waals surface area contributed by atoms with Crippen molar-refractivity contribution in [2.75, 3.05) is 12.9 Å². The van der Waals surface area contributed by atoms with E-state index in [1.165, 1.54) is 11.8 Å². The number of amides is 1. The number of hydrogen-bond acceptors (Lipinski definition) is 6. The van der Waals surface area contributed by atoms with Gasteiger partial charge in [-0.3, -0.25) is 14.2 Å². The summed E-state index contributed by atoms with van der Waals surface area (Å²) in [6, 6.07) is 22.2. The number of carbonyl (C=O) groups excluding carboxylic acids is 1. The lowest BCUT2D eigenvalue weighted by atomic mass is 10.1. The van der Waals surface area contributed by atoms with Gasteiger partial charge in [-0.2, -0.15) is 5.10 Å². The lowest BCUT2D eigenvalue weighted by Crippen LogP contribution is -2.24. The van der Waals surface area contributed by atoms with Crippen molar-refractivity contribution in [1.29, 1.82) is 0 Å². The third kappa shape index (κ3) is 5.30. The van der Waals surface area contributed by atoms with E-state index >= 15 is 0 Å². The number of thioether (sulfide) groups is 1. The average Bonchev–Trinajstić information content (AvgIpc) is 2.84. The highest BCUT2D eigenvalue weighted by molar-refractivity contribution is 7.99. The predicted octanol–water partition coefficient (Wildman–Crippen LogP) is 3.95. The molecule has 0 radical (unpaired) electrons. The highest BCUT2D eigenvalue weighted by Crippen LogP contribution is 2.21. The van der Waals surface area contributed by atoms with Crippen molar-refractivity contribution in [1.82, 2.24) is 15.0 Å². The number of carbonyl (C=O) groups is 1. The molecule has 0 spiro atoms. The van der Waals surface area contributed by atoms with Gasteiger partial charge in [0, 0.05) is 0 Å². The van der Waals surface area contributed by atoms with Gasteiger partial charge in [-0.05, 0) is 48.9 Å². The molecule has 8 heteroatoms. The maximum Gasteiger partial charge on any atom is 0.266 e. The van der Waals surface area contributed by atoms with E-state index in [0.29, 0.717) is 27.5 Å². The Labute approximate surface area is 195 Å². The Balaban J connectivity index is 1.55. The molecule has 166 valence electrons. The minimum absolute atomic E-state index is 0.0477. The smallest absolute Gasteiger partial charge is 0.266 e. The van der Waals surface area contributed by atoms with Gasteiger partial charge in [-0.1, -0.05) is 53.7 Å². The van der Waals surface area contributed by atoms with Crippen LogP contribution in [0.3, 0.4) is 0 Å². The topological polar surface area (TPSA) is 85.6 Å². The Hall–Kier alpha value is -3.91. The molecule has 0 fully saturated rings. The van der Waals surface area contributed by atoms with Crippen LogP contribution >= 0.6 is 11.8 Å². The number of benzene rings is 3. The van der Waals surface area contributed by atoms with Crippen LogP contribution in [-0.4, -0.2) is 34.5 Å². The van der Waals surface area contributed by atoms with Crippen LogP contribution in [-0.2, 0) is 4.79 Å². The van der Waals surface area contributed by atoms with Gasteiger partial charge in [0.15, 0.2) is 5.16 Å². The summed E-state index contributed by atoms with van der Waals surface area (Å²) in [5.41, 5.74) is 5.40. The number of aryl methyl sites for hydroxylation is 1. The molecule has 0 unspecified atom stereocenters. The molecule has 4 aromatic rings. The number of aromatic nitrogens is 2. The first-order valence-electron chi connectivity index (χ1n) is 10.2. The van der Waals surface area contributed by atoms with Gasteiger partial charge >= 0.3 is 0 Å². The van der Waals surface area contributed by atoms with Gasteiger partial charge in [0.2, 0.25) is 0 Å². The lowest BCUT2D eigenvalue weighted by Gasteiger charge is -2.13. The highest BCUT2D eigenvalue weighted by atomic mass is 32.2. The molecule has 0 saturated carbocycles. The third-order valence-electron chi connectivity index (χ3n) is 4.84. The zero-order chi connectivity index (χ0) is 23.2.